The van der Waals surface area contributed by atoms with Gasteiger partial charge in [0.2, 0.25) is 0 Å². The first-order valence-corrected chi connectivity index (χ1v) is 10.4. The summed E-state index contributed by atoms with van der Waals surface area (Å²) >= 11 is 0. The van der Waals surface area contributed by atoms with E-state index >= 15 is 0 Å². The fourth-order valence-electron chi connectivity index (χ4n) is 3.22. The molecule has 4 rings (SSSR count). The highest BCUT2D eigenvalue weighted by Crippen LogP contribution is 2.36. The predicted octanol–water partition coefficient (Wildman–Crippen LogP) is 4.69. The Balaban J connectivity index is 1.62. The maximum absolute atomic E-state index is 13.6. The van der Waals surface area contributed by atoms with E-state index in [0.717, 1.165) is 17.1 Å². The maximum Gasteiger partial charge on any atom is 0.421 e. The summed E-state index contributed by atoms with van der Waals surface area (Å²) in [6.07, 6.45) is -2.34. The van der Waals surface area contributed by atoms with Gasteiger partial charge in [0.15, 0.2) is 12.4 Å². The number of carbonyl (C=O) groups excluding carboxylic acids is 1. The lowest BCUT2D eigenvalue weighted by molar-refractivity contribution is -0.137. The van der Waals surface area contributed by atoms with Gasteiger partial charge in [-0.2, -0.15) is 18.3 Å². The van der Waals surface area contributed by atoms with E-state index in [2.05, 4.69) is 30.8 Å². The van der Waals surface area contributed by atoms with Crippen LogP contribution in [-0.2, 0) is 11.0 Å². The molecule has 1 amide bonds. The molecule has 0 saturated carbocycles. The number of carbonyl (C=O) groups is 1. The van der Waals surface area contributed by atoms with E-state index in [0.29, 0.717) is 17.0 Å². The summed E-state index contributed by atoms with van der Waals surface area (Å²) < 4.78 is 46.4. The first-order chi connectivity index (χ1) is 16.2. The summed E-state index contributed by atoms with van der Waals surface area (Å²) in [4.78, 5) is 19.9. The topological polar surface area (TPSA) is 105 Å². The Kier molecular flexibility index (Phi) is 6.35. The molecule has 0 aliphatic rings. The summed E-state index contributed by atoms with van der Waals surface area (Å²) in [6, 6.07) is 11.5. The molecule has 0 radical (unpaired) electrons. The fraction of sp³-hybridized carbons (Fsp3) is 0.217. The molecule has 0 aliphatic heterocycles. The number of hydrogen-bond acceptors (Lipinski definition) is 6. The van der Waals surface area contributed by atoms with Crippen molar-refractivity contribution >= 4 is 28.3 Å². The second-order valence-corrected chi connectivity index (χ2v) is 7.79. The lowest BCUT2D eigenvalue weighted by Gasteiger charge is -2.15. The number of halogens is 3. The molecule has 0 fully saturated rings. The zero-order valence-electron chi connectivity index (χ0n) is 18.3. The molecule has 11 heteroatoms. The molecule has 0 spiro atoms. The molecule has 0 saturated heterocycles. The lowest BCUT2D eigenvalue weighted by Crippen LogP contribution is -2.34. The van der Waals surface area contributed by atoms with Gasteiger partial charge in [0.1, 0.15) is 17.1 Å². The molecule has 3 N–H and O–H groups in total. The number of rotatable bonds is 7. The number of hydrogen-bond donors (Lipinski definition) is 3. The van der Waals surface area contributed by atoms with Crippen LogP contribution in [0.25, 0.3) is 22.3 Å². The summed E-state index contributed by atoms with van der Waals surface area (Å²) in [5, 5.41) is 12.9. The molecule has 2 aromatic carbocycles. The van der Waals surface area contributed by atoms with Gasteiger partial charge in [-0.25, -0.2) is 9.97 Å². The number of H-pyrrole nitrogens is 1. The highest BCUT2D eigenvalue weighted by atomic mass is 19.4. The third-order valence-corrected chi connectivity index (χ3v) is 4.71. The van der Waals surface area contributed by atoms with E-state index in [4.69, 9.17) is 4.74 Å². The minimum atomic E-state index is -4.66. The van der Waals surface area contributed by atoms with Crippen LogP contribution in [-0.4, -0.2) is 38.7 Å². The number of amides is 1. The summed E-state index contributed by atoms with van der Waals surface area (Å²) in [7, 11) is 0. The van der Waals surface area contributed by atoms with Crippen molar-refractivity contribution in [3.05, 3.63) is 60.4 Å². The van der Waals surface area contributed by atoms with Gasteiger partial charge in [-0.3, -0.25) is 9.89 Å². The van der Waals surface area contributed by atoms with Crippen LogP contribution < -0.4 is 15.4 Å². The number of alkyl halides is 3. The van der Waals surface area contributed by atoms with Gasteiger partial charge in [0.05, 0.1) is 11.7 Å². The van der Waals surface area contributed by atoms with Gasteiger partial charge in [-0.05, 0) is 44.2 Å². The molecule has 0 bridgehead atoms. The van der Waals surface area contributed by atoms with Gasteiger partial charge in [0.25, 0.3) is 5.91 Å². The van der Waals surface area contributed by atoms with Gasteiger partial charge in [0, 0.05) is 28.9 Å². The summed E-state index contributed by atoms with van der Waals surface area (Å²) in [5.41, 5.74) is 0.603. The van der Waals surface area contributed by atoms with Crippen molar-refractivity contribution < 1.29 is 22.7 Å². The predicted molar refractivity (Wildman–Crippen MR) is 121 cm³/mol. The van der Waals surface area contributed by atoms with Crippen molar-refractivity contribution in [1.82, 2.24) is 25.5 Å². The van der Waals surface area contributed by atoms with E-state index in [9.17, 15) is 18.0 Å². The number of aromatic amines is 1. The van der Waals surface area contributed by atoms with Crippen molar-refractivity contribution in [2.75, 3.05) is 11.9 Å². The van der Waals surface area contributed by atoms with Gasteiger partial charge in [-0.1, -0.05) is 12.1 Å². The van der Waals surface area contributed by atoms with Gasteiger partial charge in [-0.15, -0.1) is 0 Å². The van der Waals surface area contributed by atoms with Crippen LogP contribution in [0.3, 0.4) is 0 Å². The first kappa shape index (κ1) is 23.0. The van der Waals surface area contributed by atoms with Crippen LogP contribution in [0.4, 0.5) is 24.7 Å². The Morgan fingerprint density at radius 1 is 1.15 bits per heavy atom. The SMILES string of the molecule is CC(C)NC(=O)COc1cccc(-c2ncc(C(F)(F)F)c(Nc3ccc4[nH]ncc4c3)n2)c1. The van der Waals surface area contributed by atoms with Gasteiger partial charge < -0.3 is 15.4 Å². The Hall–Kier alpha value is -4.15. The molecule has 2 aromatic heterocycles. The summed E-state index contributed by atoms with van der Waals surface area (Å²) in [6.45, 7) is 3.47. The van der Waals surface area contributed by atoms with Crippen LogP contribution in [0, 0.1) is 0 Å². The molecule has 34 heavy (non-hydrogen) atoms. The molecule has 8 nitrogen and oxygen atoms in total. The highest BCUT2D eigenvalue weighted by Gasteiger charge is 2.35. The van der Waals surface area contributed by atoms with Crippen molar-refractivity contribution in [2.24, 2.45) is 0 Å². The van der Waals surface area contributed by atoms with E-state index in [1.807, 2.05) is 13.8 Å². The molecule has 0 aliphatic carbocycles. The smallest absolute Gasteiger partial charge is 0.421 e. The summed E-state index contributed by atoms with van der Waals surface area (Å²) in [5.74, 6) is -0.243. The molecule has 0 atom stereocenters. The zero-order chi connectivity index (χ0) is 24.3. The normalized spacial score (nSPS) is 11.6. The Morgan fingerprint density at radius 3 is 2.74 bits per heavy atom. The first-order valence-electron chi connectivity index (χ1n) is 10.4. The van der Waals surface area contributed by atoms with Crippen LogP contribution in [0.1, 0.15) is 19.4 Å². The second kappa shape index (κ2) is 9.38. The van der Waals surface area contributed by atoms with Crippen LogP contribution in [0.2, 0.25) is 0 Å². The molecular weight excluding hydrogens is 449 g/mol. The number of anilines is 2. The molecular formula is C23H21F3N6O2. The fourth-order valence-corrected chi connectivity index (χ4v) is 3.22. The van der Waals surface area contributed by atoms with Crippen molar-refractivity contribution in [1.29, 1.82) is 0 Å². The van der Waals surface area contributed by atoms with E-state index in [1.165, 1.54) is 0 Å². The average Bonchev–Trinajstić information content (AvgIpc) is 3.25. The zero-order valence-corrected chi connectivity index (χ0v) is 18.3. The van der Waals surface area contributed by atoms with E-state index < -0.39 is 11.7 Å². The third kappa shape index (κ3) is 5.42. The third-order valence-electron chi connectivity index (χ3n) is 4.71. The van der Waals surface area contributed by atoms with Crippen LogP contribution in [0.5, 0.6) is 5.75 Å². The number of benzene rings is 2. The molecule has 4 aromatic rings. The van der Waals surface area contributed by atoms with Crippen LogP contribution >= 0.6 is 0 Å². The van der Waals surface area contributed by atoms with Gasteiger partial charge >= 0.3 is 6.18 Å². The van der Waals surface area contributed by atoms with Crippen LogP contribution in [0.15, 0.2) is 54.9 Å². The Labute approximate surface area is 192 Å². The van der Waals surface area contributed by atoms with Crippen molar-refractivity contribution in [3.8, 4) is 17.1 Å². The number of fused-ring (bicyclic) bond motifs is 1. The minimum Gasteiger partial charge on any atom is -0.484 e. The largest absolute Gasteiger partial charge is 0.484 e. The molecule has 0 unspecified atom stereocenters. The second-order valence-electron chi connectivity index (χ2n) is 7.79. The number of nitrogens with one attached hydrogen (secondary N) is 3. The van der Waals surface area contributed by atoms with Crippen molar-refractivity contribution in [2.45, 2.75) is 26.1 Å². The average molecular weight is 470 g/mol. The quantitative estimate of drug-likeness (QED) is 0.362. The monoisotopic (exact) mass is 470 g/mol. The standard InChI is InChI=1S/C23H21F3N6O2/c1-13(2)29-20(33)12-34-17-5-3-4-14(9-17)21-27-11-18(23(24,25)26)22(31-21)30-16-6-7-19-15(8-16)10-28-32-19/h3-11,13H,12H2,1-2H3,(H,28,32)(H,29,33)(H,27,30,31). The highest BCUT2D eigenvalue weighted by molar-refractivity contribution is 5.83. The Bertz CT molecular complexity index is 1320. The number of ether oxygens (including phenoxy) is 1. The number of aromatic nitrogens is 4. The maximum atomic E-state index is 13.6. The lowest BCUT2D eigenvalue weighted by atomic mass is 10.2. The van der Waals surface area contributed by atoms with Crippen molar-refractivity contribution in [3.63, 3.8) is 0 Å². The minimum absolute atomic E-state index is 0.0249. The Morgan fingerprint density at radius 2 is 1.97 bits per heavy atom. The van der Waals surface area contributed by atoms with E-state index in [-0.39, 0.29) is 30.2 Å². The van der Waals surface area contributed by atoms with E-state index in [1.54, 1.807) is 48.7 Å². The molecule has 176 valence electrons. The molecule has 2 heterocycles. The number of nitrogens with zero attached hydrogens (tertiary/aromatic N) is 3.